The summed E-state index contributed by atoms with van der Waals surface area (Å²) in [5.74, 6) is 0. The molecule has 0 aliphatic rings. The Hall–Kier alpha value is -1.88. The van der Waals surface area contributed by atoms with E-state index in [4.69, 9.17) is 0 Å². The lowest BCUT2D eigenvalue weighted by atomic mass is 10.3. The van der Waals surface area contributed by atoms with Crippen LogP contribution in [0.2, 0.25) is 0 Å². The molecule has 0 spiro atoms. The van der Waals surface area contributed by atoms with Gasteiger partial charge in [0, 0.05) is 18.9 Å². The van der Waals surface area contributed by atoms with E-state index in [0.29, 0.717) is 6.54 Å². The van der Waals surface area contributed by atoms with Gasteiger partial charge in [0.25, 0.3) is 0 Å². The van der Waals surface area contributed by atoms with E-state index in [1.165, 1.54) is 4.70 Å². The summed E-state index contributed by atoms with van der Waals surface area (Å²) in [7, 11) is 0. The Morgan fingerprint density at radius 3 is 2.79 bits per heavy atom. The largest absolute Gasteiger partial charge is 0.328 e. The van der Waals surface area contributed by atoms with Crippen molar-refractivity contribution < 1.29 is 0 Å². The first-order chi connectivity index (χ1) is 9.28. The van der Waals surface area contributed by atoms with Crippen molar-refractivity contribution in [1.82, 2.24) is 14.1 Å². The van der Waals surface area contributed by atoms with Crippen LogP contribution in [-0.2, 0) is 13.1 Å². The number of hydrogen-bond donors (Lipinski definition) is 0. The number of aromatic nitrogens is 3. The third-order valence-electron chi connectivity index (χ3n) is 3.03. The second-order valence-electron chi connectivity index (χ2n) is 4.48. The quantitative estimate of drug-likeness (QED) is 0.733. The van der Waals surface area contributed by atoms with E-state index in [1.54, 1.807) is 20.5 Å². The molecule has 2 aromatic heterocycles. The molecule has 2 heterocycles. The zero-order valence-corrected chi connectivity index (χ0v) is 11.6. The van der Waals surface area contributed by atoms with E-state index in [1.807, 2.05) is 30.6 Å². The van der Waals surface area contributed by atoms with Crippen LogP contribution in [0.1, 0.15) is 18.4 Å². The topological polar surface area (TPSA) is 39.8 Å². The van der Waals surface area contributed by atoms with E-state index in [2.05, 4.69) is 18.0 Å². The first-order valence-corrected chi connectivity index (χ1v) is 7.19. The van der Waals surface area contributed by atoms with E-state index in [9.17, 15) is 4.79 Å². The van der Waals surface area contributed by atoms with Crippen LogP contribution in [-0.4, -0.2) is 14.1 Å². The summed E-state index contributed by atoms with van der Waals surface area (Å²) < 4.78 is 4.62. The van der Waals surface area contributed by atoms with Gasteiger partial charge >= 0.3 is 5.69 Å². The van der Waals surface area contributed by atoms with E-state index < -0.39 is 0 Å². The number of hydrogen-bond acceptors (Lipinski definition) is 3. The van der Waals surface area contributed by atoms with Crippen molar-refractivity contribution in [3.8, 4) is 0 Å². The summed E-state index contributed by atoms with van der Waals surface area (Å²) in [5, 5.41) is 0.970. The molecule has 4 nitrogen and oxygen atoms in total. The molecule has 0 aliphatic carbocycles. The summed E-state index contributed by atoms with van der Waals surface area (Å²) in [6.07, 6.45) is 4.65. The van der Waals surface area contributed by atoms with Crippen molar-refractivity contribution >= 4 is 21.6 Å². The zero-order chi connectivity index (χ0) is 13.2. The molecule has 0 fully saturated rings. The van der Waals surface area contributed by atoms with Crippen molar-refractivity contribution in [1.29, 1.82) is 0 Å². The normalized spacial score (nSPS) is 11.2. The molecule has 0 saturated heterocycles. The number of nitrogens with zero attached hydrogens (tertiary/aromatic N) is 3. The Balaban J connectivity index is 1.90. The SMILES string of the molecule is CCCn1ccn(Cc2nc3ccccc3s2)c1=O. The maximum atomic E-state index is 12.1. The predicted molar refractivity (Wildman–Crippen MR) is 77.7 cm³/mol. The van der Waals surface area contributed by atoms with Gasteiger partial charge in [0.1, 0.15) is 5.01 Å². The monoisotopic (exact) mass is 273 g/mol. The summed E-state index contributed by atoms with van der Waals surface area (Å²) in [4.78, 5) is 16.6. The molecular formula is C14H15N3OS. The number of aryl methyl sites for hydroxylation is 1. The first-order valence-electron chi connectivity index (χ1n) is 6.38. The van der Waals surface area contributed by atoms with Gasteiger partial charge in [-0.05, 0) is 18.6 Å². The molecule has 19 heavy (non-hydrogen) atoms. The highest BCUT2D eigenvalue weighted by atomic mass is 32.1. The maximum Gasteiger partial charge on any atom is 0.328 e. The van der Waals surface area contributed by atoms with Crippen molar-refractivity contribution in [3.63, 3.8) is 0 Å². The van der Waals surface area contributed by atoms with Crippen LogP contribution in [0.25, 0.3) is 10.2 Å². The van der Waals surface area contributed by atoms with Gasteiger partial charge < -0.3 is 0 Å². The van der Waals surface area contributed by atoms with Crippen molar-refractivity contribution in [2.45, 2.75) is 26.4 Å². The smallest absolute Gasteiger partial charge is 0.299 e. The van der Waals surface area contributed by atoms with Gasteiger partial charge in [0.2, 0.25) is 0 Å². The van der Waals surface area contributed by atoms with Crippen molar-refractivity contribution in [2.75, 3.05) is 0 Å². The molecule has 0 amide bonds. The second-order valence-corrected chi connectivity index (χ2v) is 5.59. The van der Waals surface area contributed by atoms with E-state index in [-0.39, 0.29) is 5.69 Å². The Labute approximate surface area is 115 Å². The van der Waals surface area contributed by atoms with Crippen LogP contribution < -0.4 is 5.69 Å². The summed E-state index contributed by atoms with van der Waals surface area (Å²) >= 11 is 1.64. The fourth-order valence-electron chi connectivity index (χ4n) is 2.12. The van der Waals surface area contributed by atoms with Gasteiger partial charge in [-0.2, -0.15) is 0 Å². The van der Waals surface area contributed by atoms with E-state index >= 15 is 0 Å². The fraction of sp³-hybridized carbons (Fsp3) is 0.286. The minimum absolute atomic E-state index is 0.0427. The molecule has 3 rings (SSSR count). The molecule has 5 heteroatoms. The minimum atomic E-state index is 0.0427. The fourth-order valence-corrected chi connectivity index (χ4v) is 3.08. The Morgan fingerprint density at radius 1 is 1.21 bits per heavy atom. The number of fused-ring (bicyclic) bond motifs is 1. The molecule has 0 saturated carbocycles. The average Bonchev–Trinajstić information content (AvgIpc) is 2.96. The van der Waals surface area contributed by atoms with Crippen LogP contribution in [0.15, 0.2) is 41.5 Å². The molecule has 3 aromatic rings. The molecular weight excluding hydrogens is 258 g/mol. The maximum absolute atomic E-state index is 12.1. The highest BCUT2D eigenvalue weighted by Gasteiger charge is 2.07. The molecule has 0 N–H and O–H groups in total. The van der Waals surface area contributed by atoms with Crippen molar-refractivity contribution in [3.05, 3.63) is 52.2 Å². The number of thiazole rings is 1. The molecule has 0 atom stereocenters. The molecule has 0 bridgehead atoms. The molecule has 0 radical (unpaired) electrons. The molecule has 0 aliphatic heterocycles. The number of benzene rings is 1. The standard InChI is InChI=1S/C14H15N3OS/c1-2-7-16-8-9-17(14(16)18)10-13-15-11-5-3-4-6-12(11)19-13/h3-6,8-9H,2,7,10H2,1H3. The summed E-state index contributed by atoms with van der Waals surface area (Å²) in [6, 6.07) is 8.05. The van der Waals surface area contributed by atoms with E-state index in [0.717, 1.165) is 23.5 Å². The van der Waals surface area contributed by atoms with Gasteiger partial charge in [-0.3, -0.25) is 9.13 Å². The number of rotatable bonds is 4. The number of imidazole rings is 1. The zero-order valence-electron chi connectivity index (χ0n) is 10.7. The lowest BCUT2D eigenvalue weighted by Crippen LogP contribution is -2.24. The van der Waals surface area contributed by atoms with Crippen LogP contribution in [0, 0.1) is 0 Å². The van der Waals surface area contributed by atoms with Crippen LogP contribution in [0.4, 0.5) is 0 Å². The lowest BCUT2D eigenvalue weighted by molar-refractivity contribution is 0.623. The molecule has 98 valence electrons. The third-order valence-corrected chi connectivity index (χ3v) is 4.05. The number of para-hydroxylation sites is 1. The highest BCUT2D eigenvalue weighted by Crippen LogP contribution is 2.21. The third kappa shape index (κ3) is 2.33. The van der Waals surface area contributed by atoms with Crippen LogP contribution in [0.3, 0.4) is 0 Å². The van der Waals surface area contributed by atoms with Crippen LogP contribution >= 0.6 is 11.3 Å². The minimum Gasteiger partial charge on any atom is -0.299 e. The van der Waals surface area contributed by atoms with Gasteiger partial charge in [-0.25, -0.2) is 9.78 Å². The van der Waals surface area contributed by atoms with Gasteiger partial charge in [-0.15, -0.1) is 11.3 Å². The molecule has 1 aromatic carbocycles. The van der Waals surface area contributed by atoms with Gasteiger partial charge in [-0.1, -0.05) is 19.1 Å². The second kappa shape index (κ2) is 5.01. The van der Waals surface area contributed by atoms with Crippen LogP contribution in [0.5, 0.6) is 0 Å². The first kappa shape index (κ1) is 12.2. The molecule has 0 unspecified atom stereocenters. The Kier molecular flexibility index (Phi) is 3.21. The Morgan fingerprint density at radius 2 is 2.00 bits per heavy atom. The average molecular weight is 273 g/mol. The van der Waals surface area contributed by atoms with Crippen molar-refractivity contribution in [2.24, 2.45) is 0 Å². The Bertz CT molecular complexity index is 720. The summed E-state index contributed by atoms with van der Waals surface area (Å²) in [6.45, 7) is 3.39. The lowest BCUT2D eigenvalue weighted by Gasteiger charge is -1.98. The highest BCUT2D eigenvalue weighted by molar-refractivity contribution is 7.18. The van der Waals surface area contributed by atoms with Gasteiger partial charge in [0.05, 0.1) is 16.8 Å². The predicted octanol–water partition coefficient (Wildman–Crippen LogP) is 2.72. The summed E-state index contributed by atoms with van der Waals surface area (Å²) in [5.41, 5.74) is 1.05. The van der Waals surface area contributed by atoms with Gasteiger partial charge in [0.15, 0.2) is 0 Å².